The van der Waals surface area contributed by atoms with Crippen LogP contribution in [0.2, 0.25) is 13.1 Å². The predicted molar refractivity (Wildman–Crippen MR) is 178 cm³/mol. The number of carboxylic acids is 2. The molecule has 16 nitrogen and oxygen atoms in total. The summed E-state index contributed by atoms with van der Waals surface area (Å²) in [6, 6.07) is 15.6. The Bertz CT molecular complexity index is 1090. The summed E-state index contributed by atoms with van der Waals surface area (Å²) >= 11 is 0. The molecule has 0 saturated carbocycles. The van der Waals surface area contributed by atoms with Gasteiger partial charge in [-0.2, -0.15) is 0 Å². The van der Waals surface area contributed by atoms with Gasteiger partial charge in [0, 0.05) is 76.8 Å². The quantitative estimate of drug-likeness (QED) is 0.104. The van der Waals surface area contributed by atoms with Crippen LogP contribution in [0.5, 0.6) is 0 Å². The number of amides is 4. The van der Waals surface area contributed by atoms with Crippen LogP contribution in [0.3, 0.4) is 0 Å². The molecule has 0 atom stereocenters. The first-order valence-electron chi connectivity index (χ1n) is 12.0. The fourth-order valence-corrected chi connectivity index (χ4v) is 3.00. The van der Waals surface area contributed by atoms with Gasteiger partial charge >= 0.3 is 0 Å². The zero-order chi connectivity index (χ0) is 37.8. The van der Waals surface area contributed by atoms with E-state index in [1.807, 2.05) is 48.5 Å². The summed E-state index contributed by atoms with van der Waals surface area (Å²) in [6.45, 7) is 22.9. The van der Waals surface area contributed by atoms with Crippen molar-refractivity contribution in [3.63, 3.8) is 0 Å². The molecule has 0 heterocycles. The molecule has 0 unspecified atom stereocenters. The van der Waals surface area contributed by atoms with E-state index in [0.29, 0.717) is 12.9 Å². The number of aliphatic carboxylic acids is 2. The summed E-state index contributed by atoms with van der Waals surface area (Å²) in [5, 5.41) is 40.4. The molecule has 8 N–H and O–H groups in total. The third-order valence-corrected chi connectivity index (χ3v) is 5.31. The van der Waals surface area contributed by atoms with Crippen molar-refractivity contribution < 1.29 is 124 Å². The van der Waals surface area contributed by atoms with Gasteiger partial charge in [0.15, 0.2) is 11.9 Å². The maximum Gasteiger partial charge on any atom is 0.161 e. The maximum atomic E-state index is 10.5. The van der Waals surface area contributed by atoms with Gasteiger partial charge in [0.05, 0.1) is 49.3 Å². The number of carbonyl (C=O) groups is 6. The maximum absolute atomic E-state index is 10.5. The van der Waals surface area contributed by atoms with Gasteiger partial charge in [0.25, 0.3) is 0 Å². The average molecular weight is 867 g/mol. The number of aliphatic hydroxyl groups excluding tert-OH is 2. The van der Waals surface area contributed by atoms with E-state index in [-0.39, 0.29) is 83.9 Å². The first-order chi connectivity index (χ1) is 21.9. The van der Waals surface area contributed by atoms with Crippen LogP contribution in [0.1, 0.15) is 0 Å². The monoisotopic (exact) mass is 866 g/mol. The SMILES string of the molecule is O=[C-]O.O=[C-]O.[CH2-]C(=O)NCNC([CH2-])=O.[CH2-]C(=O)Nc1ccc([Si]C)cc1.[CH2-]C(=O)Nc1ccc([Si]C)cc1.[CH2-]C(=O)O.[CH2-]C(=O)O.[Y].[Y]. The normalized spacial score (nSPS) is 7.55. The van der Waals surface area contributed by atoms with E-state index in [9.17, 15) is 19.2 Å². The number of nitrogens with one attached hydrogen (secondary N) is 4. The van der Waals surface area contributed by atoms with Gasteiger partial charge in [-0.1, -0.05) is 60.7 Å². The minimum Gasteiger partial charge on any atom is -0.665 e. The zero-order valence-electron chi connectivity index (χ0n) is 26.8. The molecule has 6 radical (unpaired) electrons. The van der Waals surface area contributed by atoms with Gasteiger partial charge in [-0.15, -0.1) is 0 Å². The second-order valence-electron chi connectivity index (χ2n) is 7.10. The minimum atomic E-state index is -1.08. The van der Waals surface area contributed by atoms with E-state index < -0.39 is 23.8 Å². The predicted octanol–water partition coefficient (Wildman–Crippen LogP) is -0.454. The van der Waals surface area contributed by atoms with Gasteiger partial charge in [-0.05, 0) is 24.3 Å². The molecule has 0 aliphatic rings. The average Bonchev–Trinajstić information content (AvgIpc) is 2.94. The zero-order valence-corrected chi connectivity index (χ0v) is 34.5. The van der Waals surface area contributed by atoms with Crippen LogP contribution >= 0.6 is 0 Å². The molecule has 2 aromatic rings. The molecular weight excluding hydrogens is 830 g/mol. The number of benzene rings is 2. The third-order valence-electron chi connectivity index (χ3n) is 3.49. The molecule has 0 fully saturated rings. The number of rotatable bonds is 6. The standard InChI is InChI=1S/2C9H10NOSi.C5H8N2O2.2C2H3O2.2CHO2.2Y/c2*1-7(11)10-8-3-5-9(12-2)6-4-8;1-4(8)6-3-7-5(2)9;2*1-2(3)4;2*2-1-3;;/h2*3-6H,1H2,2H3,(H,10,11);1-3H2,(H,6,8)(H,7,9);2*1H2,(H,3,4);2*(H,2,3);;/q2*-1;-2;4*-1;;. The number of anilines is 2. The van der Waals surface area contributed by atoms with Gasteiger partial charge < -0.3 is 98.2 Å². The Balaban J connectivity index is -0.0000000898. The van der Waals surface area contributed by atoms with Crippen LogP contribution in [0.15, 0.2) is 48.5 Å². The van der Waals surface area contributed by atoms with Crippen LogP contribution in [0, 0.1) is 41.5 Å². The van der Waals surface area contributed by atoms with Crippen LogP contribution in [0.4, 0.5) is 11.4 Å². The molecule has 0 saturated heterocycles. The molecule has 266 valence electrons. The van der Waals surface area contributed by atoms with Gasteiger partial charge in [0.1, 0.15) is 0 Å². The largest absolute Gasteiger partial charge is 0.665 e. The van der Waals surface area contributed by atoms with Crippen molar-refractivity contribution in [1.29, 1.82) is 0 Å². The Morgan fingerprint density at radius 1 is 0.571 bits per heavy atom. The van der Waals surface area contributed by atoms with Crippen molar-refractivity contribution >= 4 is 89.3 Å². The van der Waals surface area contributed by atoms with Crippen molar-refractivity contribution in [2.75, 3.05) is 17.3 Å². The van der Waals surface area contributed by atoms with E-state index in [2.05, 4.69) is 75.9 Å². The van der Waals surface area contributed by atoms with Crippen molar-refractivity contribution in [3.8, 4) is 0 Å². The summed E-state index contributed by atoms with van der Waals surface area (Å²) in [5.41, 5.74) is 1.61. The topological polar surface area (TPSA) is 266 Å². The summed E-state index contributed by atoms with van der Waals surface area (Å²) in [7, 11) is 1.59. The first kappa shape index (κ1) is 60.4. The van der Waals surface area contributed by atoms with Crippen molar-refractivity contribution in [3.05, 3.63) is 90.1 Å². The second-order valence-corrected chi connectivity index (χ2v) is 9.25. The minimum absolute atomic E-state index is 0. The fraction of sp³-hybridized carbons (Fsp3) is 0.103. The van der Waals surface area contributed by atoms with E-state index in [1.54, 1.807) is 0 Å². The van der Waals surface area contributed by atoms with E-state index in [1.165, 1.54) is 10.4 Å². The van der Waals surface area contributed by atoms with Crippen LogP contribution in [0.25, 0.3) is 0 Å². The van der Waals surface area contributed by atoms with E-state index in [0.717, 1.165) is 30.4 Å². The molecule has 2 rings (SSSR count). The van der Waals surface area contributed by atoms with Crippen LogP contribution in [-0.4, -0.2) is 94.6 Å². The molecule has 0 spiro atoms. The number of hydrogen-bond acceptors (Lipinski definition) is 8. The van der Waals surface area contributed by atoms with Crippen molar-refractivity contribution in [2.45, 2.75) is 13.1 Å². The van der Waals surface area contributed by atoms with Gasteiger partial charge in [-0.3, -0.25) is 23.4 Å². The number of carboxylic acid groups (broad SMARTS) is 2. The molecule has 0 aliphatic carbocycles. The molecule has 2 aromatic carbocycles. The van der Waals surface area contributed by atoms with Crippen LogP contribution in [-0.2, 0) is 104 Å². The molecule has 20 heteroatoms. The Hall–Kier alpha value is -3.94. The molecule has 0 aliphatic heterocycles. The molecular formula is C29H36N4O12Si2Y2-8. The Morgan fingerprint density at radius 3 is 0.918 bits per heavy atom. The number of hydrogen-bond donors (Lipinski definition) is 8. The first-order valence-corrected chi connectivity index (χ1v) is 15.0. The van der Waals surface area contributed by atoms with E-state index in [4.69, 9.17) is 39.6 Å². The third kappa shape index (κ3) is 67.2. The van der Waals surface area contributed by atoms with Crippen LogP contribution < -0.4 is 31.6 Å². The summed E-state index contributed by atoms with van der Waals surface area (Å²) in [5.74, 6) is -3.57. The van der Waals surface area contributed by atoms with E-state index >= 15 is 0 Å². The summed E-state index contributed by atoms with van der Waals surface area (Å²) in [4.78, 5) is 75.4. The van der Waals surface area contributed by atoms with Gasteiger partial charge in [-0.25, -0.2) is 0 Å². The Labute approximate surface area is 341 Å². The van der Waals surface area contributed by atoms with Crippen molar-refractivity contribution in [2.24, 2.45) is 0 Å². The fourth-order valence-electron chi connectivity index (χ4n) is 2.00. The molecule has 0 bridgehead atoms. The van der Waals surface area contributed by atoms with Crippen molar-refractivity contribution in [1.82, 2.24) is 10.6 Å². The molecule has 4 amide bonds. The summed E-state index contributed by atoms with van der Waals surface area (Å²) < 4.78 is 0. The molecule has 49 heavy (non-hydrogen) atoms. The smallest absolute Gasteiger partial charge is 0.161 e. The van der Waals surface area contributed by atoms with Gasteiger partial charge in [0.2, 0.25) is 0 Å². The Morgan fingerprint density at radius 2 is 0.776 bits per heavy atom. The second kappa shape index (κ2) is 44.1. The Kier molecular flexibility index (Phi) is 54.3. The number of carbonyl (C=O) groups excluding carboxylic acids is 4. The molecule has 0 aromatic heterocycles. The summed E-state index contributed by atoms with van der Waals surface area (Å²) in [6.07, 6.45) is 0.